The third kappa shape index (κ3) is 4.97. The van der Waals surface area contributed by atoms with Crippen LogP contribution in [-0.4, -0.2) is 42.3 Å². The van der Waals surface area contributed by atoms with E-state index in [1.165, 1.54) is 6.07 Å². The van der Waals surface area contributed by atoms with Crippen molar-refractivity contribution in [3.8, 4) is 0 Å². The van der Waals surface area contributed by atoms with Crippen molar-refractivity contribution in [1.82, 2.24) is 10.2 Å². The van der Waals surface area contributed by atoms with E-state index < -0.39 is 11.8 Å². The number of nitrogens with zero attached hydrogens (tertiary/aromatic N) is 1. The highest BCUT2D eigenvalue weighted by atomic mass is 79.9. The van der Waals surface area contributed by atoms with Crippen molar-refractivity contribution >= 4 is 39.3 Å². The molecular weight excluding hydrogens is 414 g/mol. The van der Waals surface area contributed by atoms with E-state index in [9.17, 15) is 14.4 Å². The summed E-state index contributed by atoms with van der Waals surface area (Å²) in [5, 5.41) is 5.18. The molecule has 1 fully saturated rings. The van der Waals surface area contributed by atoms with Crippen molar-refractivity contribution in [2.24, 2.45) is 0 Å². The lowest BCUT2D eigenvalue weighted by atomic mass is 10.1. The fourth-order valence-electron chi connectivity index (χ4n) is 2.92. The number of nitrogens with one attached hydrogen (secondary N) is 2. The van der Waals surface area contributed by atoms with Gasteiger partial charge in [-0.05, 0) is 59.5 Å². The number of benzene rings is 1. The van der Waals surface area contributed by atoms with Gasteiger partial charge < -0.3 is 20.0 Å². The van der Waals surface area contributed by atoms with Crippen LogP contribution in [0.4, 0.5) is 5.69 Å². The van der Waals surface area contributed by atoms with Gasteiger partial charge in [-0.1, -0.05) is 12.1 Å². The number of anilines is 1. The Labute approximate surface area is 165 Å². The molecule has 0 bridgehead atoms. The summed E-state index contributed by atoms with van der Waals surface area (Å²) in [5.41, 5.74) is 0.891. The summed E-state index contributed by atoms with van der Waals surface area (Å²) in [6, 6.07) is 10.00. The van der Waals surface area contributed by atoms with Gasteiger partial charge in [-0.2, -0.15) is 0 Å². The number of furan rings is 1. The third-order valence-corrected chi connectivity index (χ3v) is 4.71. The van der Waals surface area contributed by atoms with E-state index in [4.69, 9.17) is 4.42 Å². The van der Waals surface area contributed by atoms with E-state index in [0.29, 0.717) is 15.9 Å². The normalized spacial score (nSPS) is 13.9. The van der Waals surface area contributed by atoms with Gasteiger partial charge in [0, 0.05) is 13.1 Å². The number of amides is 3. The Morgan fingerprint density at radius 3 is 2.48 bits per heavy atom. The smallest absolute Gasteiger partial charge is 0.287 e. The van der Waals surface area contributed by atoms with Crippen molar-refractivity contribution in [3.63, 3.8) is 0 Å². The Kier molecular flexibility index (Phi) is 6.28. The van der Waals surface area contributed by atoms with Crippen LogP contribution < -0.4 is 10.6 Å². The van der Waals surface area contributed by atoms with Crippen LogP contribution in [0.15, 0.2) is 45.5 Å². The maximum absolute atomic E-state index is 12.7. The Morgan fingerprint density at radius 1 is 1.04 bits per heavy atom. The molecule has 3 amide bonds. The zero-order valence-electron chi connectivity index (χ0n) is 14.7. The minimum atomic E-state index is -0.492. The monoisotopic (exact) mass is 433 g/mol. The highest BCUT2D eigenvalue weighted by Crippen LogP contribution is 2.20. The lowest BCUT2D eigenvalue weighted by Gasteiger charge is -2.27. The minimum Gasteiger partial charge on any atom is -0.444 e. The molecule has 1 aromatic carbocycles. The number of para-hydroxylation sites is 1. The second kappa shape index (κ2) is 8.85. The lowest BCUT2D eigenvalue weighted by molar-refractivity contribution is -0.115. The first-order valence-corrected chi connectivity index (χ1v) is 9.55. The maximum Gasteiger partial charge on any atom is 0.287 e. The van der Waals surface area contributed by atoms with Gasteiger partial charge in [0.15, 0.2) is 10.4 Å². The molecule has 3 rings (SSSR count). The molecule has 0 spiro atoms. The fourth-order valence-corrected chi connectivity index (χ4v) is 3.23. The molecule has 1 saturated heterocycles. The van der Waals surface area contributed by atoms with Crippen molar-refractivity contribution in [3.05, 3.63) is 52.4 Å². The van der Waals surface area contributed by atoms with Crippen LogP contribution in [0.3, 0.4) is 0 Å². The summed E-state index contributed by atoms with van der Waals surface area (Å²) >= 11 is 3.12. The van der Waals surface area contributed by atoms with E-state index >= 15 is 0 Å². The predicted molar refractivity (Wildman–Crippen MR) is 104 cm³/mol. The zero-order valence-corrected chi connectivity index (χ0v) is 16.3. The Hall–Kier alpha value is -2.61. The van der Waals surface area contributed by atoms with Gasteiger partial charge in [0.1, 0.15) is 0 Å². The molecule has 27 heavy (non-hydrogen) atoms. The van der Waals surface area contributed by atoms with Crippen LogP contribution in [0.25, 0.3) is 0 Å². The molecule has 7 nitrogen and oxygen atoms in total. The van der Waals surface area contributed by atoms with Gasteiger partial charge in [0.2, 0.25) is 5.91 Å². The summed E-state index contributed by atoms with van der Waals surface area (Å²) in [7, 11) is 0. The number of carbonyl (C=O) groups excluding carboxylic acids is 3. The number of hydrogen-bond acceptors (Lipinski definition) is 4. The largest absolute Gasteiger partial charge is 0.444 e. The lowest BCUT2D eigenvalue weighted by Crippen LogP contribution is -2.36. The second-order valence-corrected chi connectivity index (χ2v) is 7.01. The second-order valence-electron chi connectivity index (χ2n) is 6.23. The minimum absolute atomic E-state index is 0.0879. The molecule has 1 aliphatic rings. The Bertz CT molecular complexity index is 843. The highest BCUT2D eigenvalue weighted by molar-refractivity contribution is 9.10. The summed E-state index contributed by atoms with van der Waals surface area (Å²) < 4.78 is 5.57. The van der Waals surface area contributed by atoms with Crippen molar-refractivity contribution in [2.75, 3.05) is 25.0 Å². The molecule has 0 aliphatic carbocycles. The summed E-state index contributed by atoms with van der Waals surface area (Å²) in [5.74, 6) is -0.896. The number of carbonyl (C=O) groups is 3. The van der Waals surface area contributed by atoms with E-state index in [2.05, 4.69) is 26.6 Å². The van der Waals surface area contributed by atoms with Crippen molar-refractivity contribution in [2.45, 2.75) is 19.3 Å². The molecule has 0 unspecified atom stereocenters. The van der Waals surface area contributed by atoms with Crippen LogP contribution >= 0.6 is 15.9 Å². The fraction of sp³-hybridized carbons (Fsp3) is 0.316. The van der Waals surface area contributed by atoms with Crippen LogP contribution in [0, 0.1) is 0 Å². The number of piperidine rings is 1. The van der Waals surface area contributed by atoms with E-state index in [1.54, 1.807) is 30.3 Å². The summed E-state index contributed by atoms with van der Waals surface area (Å²) in [6.45, 7) is 1.23. The van der Waals surface area contributed by atoms with Crippen LogP contribution in [-0.2, 0) is 4.79 Å². The van der Waals surface area contributed by atoms with Crippen LogP contribution in [0.1, 0.15) is 40.2 Å². The highest BCUT2D eigenvalue weighted by Gasteiger charge is 2.21. The topological polar surface area (TPSA) is 91.6 Å². The Morgan fingerprint density at radius 2 is 1.78 bits per heavy atom. The standard InChI is InChI=1S/C19H20BrN3O4/c20-16-9-8-15(27-16)18(25)21-12-17(24)22-14-7-3-2-6-13(14)19(26)23-10-4-1-5-11-23/h2-3,6-9H,1,4-5,10-12H2,(H,21,25)(H,22,24). The zero-order chi connectivity index (χ0) is 19.2. The maximum atomic E-state index is 12.7. The van der Waals surface area contributed by atoms with Gasteiger partial charge >= 0.3 is 0 Å². The molecule has 2 aromatic rings. The molecule has 2 N–H and O–H groups in total. The number of likely N-dealkylation sites (tertiary alicyclic amines) is 1. The van der Waals surface area contributed by atoms with Crippen LogP contribution in [0.2, 0.25) is 0 Å². The molecule has 2 heterocycles. The van der Waals surface area contributed by atoms with E-state index in [-0.39, 0.29) is 18.2 Å². The average molecular weight is 434 g/mol. The van der Waals surface area contributed by atoms with Gasteiger partial charge in [-0.3, -0.25) is 14.4 Å². The predicted octanol–water partition coefficient (Wildman–Crippen LogP) is 3.04. The quantitative estimate of drug-likeness (QED) is 0.757. The number of halogens is 1. The molecule has 0 saturated carbocycles. The molecule has 0 radical (unpaired) electrons. The summed E-state index contributed by atoms with van der Waals surface area (Å²) in [6.07, 6.45) is 3.12. The van der Waals surface area contributed by atoms with Crippen LogP contribution in [0.5, 0.6) is 0 Å². The molecule has 1 aliphatic heterocycles. The third-order valence-electron chi connectivity index (χ3n) is 4.28. The van der Waals surface area contributed by atoms with Gasteiger partial charge in [0.05, 0.1) is 17.8 Å². The van der Waals surface area contributed by atoms with E-state index in [1.807, 2.05) is 4.90 Å². The van der Waals surface area contributed by atoms with Crippen molar-refractivity contribution < 1.29 is 18.8 Å². The molecule has 8 heteroatoms. The van der Waals surface area contributed by atoms with Gasteiger partial charge in [-0.25, -0.2) is 0 Å². The number of hydrogen-bond donors (Lipinski definition) is 2. The first-order chi connectivity index (χ1) is 13.0. The molecule has 1 aromatic heterocycles. The molecular formula is C19H20BrN3O4. The molecule has 142 valence electrons. The van der Waals surface area contributed by atoms with Crippen molar-refractivity contribution in [1.29, 1.82) is 0 Å². The number of rotatable bonds is 5. The molecule has 0 atom stereocenters. The SMILES string of the molecule is O=C(CNC(=O)c1ccc(Br)o1)Nc1ccccc1C(=O)N1CCCCC1. The van der Waals surface area contributed by atoms with E-state index in [0.717, 1.165) is 32.4 Å². The van der Waals surface area contributed by atoms with Gasteiger partial charge in [0.25, 0.3) is 11.8 Å². The summed E-state index contributed by atoms with van der Waals surface area (Å²) in [4.78, 5) is 38.7. The Balaban J connectivity index is 1.60. The average Bonchev–Trinajstić information content (AvgIpc) is 3.13. The first-order valence-electron chi connectivity index (χ1n) is 8.76. The van der Waals surface area contributed by atoms with Gasteiger partial charge in [-0.15, -0.1) is 0 Å². The first kappa shape index (κ1) is 19.2.